The summed E-state index contributed by atoms with van der Waals surface area (Å²) in [5, 5.41) is 5.28. The number of carbonyl (C=O) groups excluding carboxylic acids is 4. The molecule has 0 aliphatic heterocycles. The highest BCUT2D eigenvalue weighted by atomic mass is 16.3. The van der Waals surface area contributed by atoms with Crippen LogP contribution in [0.3, 0.4) is 0 Å². The Morgan fingerprint density at radius 1 is 0.821 bits per heavy atom. The molecule has 2 atom stereocenters. The van der Waals surface area contributed by atoms with Crippen molar-refractivity contribution < 1.29 is 23.6 Å². The van der Waals surface area contributed by atoms with Crippen LogP contribution < -0.4 is 21.5 Å². The van der Waals surface area contributed by atoms with E-state index in [1.807, 2.05) is 69.3 Å². The molecule has 9 heteroatoms. The highest BCUT2D eigenvalue weighted by Crippen LogP contribution is 2.46. The van der Waals surface area contributed by atoms with Gasteiger partial charge in [0.2, 0.25) is 5.78 Å². The standard InChI is InChI=1S/C30H34N4O5/c1-18(2)15-19(3)31-30(38)34-33-28(36)26(16-20-9-8-14-39-20)32-29(37)27(35)17-25-23-12-6-4-10-21(23)22-11-5-7-13-24(22)25/h4-14,18-19,25-26H,15-17H2,1-3H3,(H,32,37)(H,33,36)(H2,31,34,38)/t19-,26+/m0/s1. The van der Waals surface area contributed by atoms with E-state index in [2.05, 4.69) is 21.5 Å². The number of hydrogen-bond donors (Lipinski definition) is 4. The van der Waals surface area contributed by atoms with Crippen molar-refractivity contribution in [2.75, 3.05) is 0 Å². The highest BCUT2D eigenvalue weighted by molar-refractivity contribution is 6.36. The van der Waals surface area contributed by atoms with Crippen LogP contribution >= 0.6 is 0 Å². The van der Waals surface area contributed by atoms with E-state index in [1.54, 1.807) is 12.1 Å². The van der Waals surface area contributed by atoms with Gasteiger partial charge in [-0.15, -0.1) is 0 Å². The topological polar surface area (TPSA) is 130 Å². The van der Waals surface area contributed by atoms with E-state index in [-0.39, 0.29) is 24.8 Å². The summed E-state index contributed by atoms with van der Waals surface area (Å²) in [7, 11) is 0. The van der Waals surface area contributed by atoms with Crippen LogP contribution in [-0.2, 0) is 20.8 Å². The van der Waals surface area contributed by atoms with Gasteiger partial charge in [-0.05, 0) is 53.6 Å². The Morgan fingerprint density at radius 3 is 2.05 bits per heavy atom. The number of rotatable bonds is 10. The third-order valence-corrected chi connectivity index (χ3v) is 6.71. The van der Waals surface area contributed by atoms with Gasteiger partial charge in [-0.3, -0.25) is 19.8 Å². The number of Topliss-reactive ketones (excluding diaryl/α,β-unsaturated/α-hetero) is 1. The predicted octanol–water partition coefficient (Wildman–Crippen LogP) is 3.84. The molecular weight excluding hydrogens is 496 g/mol. The Bertz CT molecular complexity index is 1290. The van der Waals surface area contributed by atoms with Crippen molar-refractivity contribution in [3.63, 3.8) is 0 Å². The zero-order valence-corrected chi connectivity index (χ0v) is 22.3. The lowest BCUT2D eigenvalue weighted by molar-refractivity contribution is -0.139. The first-order valence-electron chi connectivity index (χ1n) is 13.1. The van der Waals surface area contributed by atoms with Crippen molar-refractivity contribution in [3.8, 4) is 11.1 Å². The van der Waals surface area contributed by atoms with Crippen molar-refractivity contribution in [2.24, 2.45) is 5.92 Å². The second-order valence-electron chi connectivity index (χ2n) is 10.3. The molecule has 0 spiro atoms. The molecule has 4 rings (SSSR count). The van der Waals surface area contributed by atoms with E-state index in [0.717, 1.165) is 28.7 Å². The number of fused-ring (bicyclic) bond motifs is 3. The fourth-order valence-corrected chi connectivity index (χ4v) is 5.07. The first kappa shape index (κ1) is 27.6. The quantitative estimate of drug-likeness (QED) is 0.234. The van der Waals surface area contributed by atoms with Crippen LogP contribution in [0, 0.1) is 5.92 Å². The molecule has 3 aromatic rings. The first-order chi connectivity index (χ1) is 18.7. The Hall–Kier alpha value is -4.40. The lowest BCUT2D eigenvalue weighted by Gasteiger charge is -2.20. The van der Waals surface area contributed by atoms with Crippen LogP contribution in [0.25, 0.3) is 11.1 Å². The lowest BCUT2D eigenvalue weighted by Crippen LogP contribution is -2.56. The first-order valence-corrected chi connectivity index (χ1v) is 13.1. The van der Waals surface area contributed by atoms with Gasteiger partial charge >= 0.3 is 6.03 Å². The largest absolute Gasteiger partial charge is 0.469 e. The van der Waals surface area contributed by atoms with Crippen molar-refractivity contribution in [3.05, 3.63) is 83.8 Å². The number of benzene rings is 2. The van der Waals surface area contributed by atoms with E-state index >= 15 is 0 Å². The summed E-state index contributed by atoms with van der Waals surface area (Å²) in [6.07, 6.45) is 2.19. The molecule has 39 heavy (non-hydrogen) atoms. The van der Waals surface area contributed by atoms with Gasteiger partial charge in [-0.1, -0.05) is 62.4 Å². The molecule has 1 heterocycles. The Labute approximate surface area is 227 Å². The normalized spacial score (nSPS) is 13.6. The van der Waals surface area contributed by atoms with Crippen molar-refractivity contribution in [1.82, 2.24) is 21.5 Å². The Kier molecular flexibility index (Phi) is 8.81. The van der Waals surface area contributed by atoms with Crippen LogP contribution in [-0.4, -0.2) is 35.7 Å². The molecule has 1 aliphatic carbocycles. The van der Waals surface area contributed by atoms with Crippen molar-refractivity contribution in [2.45, 2.75) is 58.0 Å². The molecule has 0 radical (unpaired) electrons. The smallest absolute Gasteiger partial charge is 0.333 e. The number of amides is 4. The summed E-state index contributed by atoms with van der Waals surface area (Å²) < 4.78 is 5.34. The predicted molar refractivity (Wildman–Crippen MR) is 146 cm³/mol. The molecule has 1 aromatic heterocycles. The second-order valence-corrected chi connectivity index (χ2v) is 10.3. The fraction of sp³-hybridized carbons (Fsp3) is 0.333. The van der Waals surface area contributed by atoms with E-state index in [4.69, 9.17) is 4.42 Å². The molecule has 4 N–H and O–H groups in total. The number of carbonyl (C=O) groups is 4. The molecule has 0 unspecified atom stereocenters. The number of furan rings is 1. The fourth-order valence-electron chi connectivity index (χ4n) is 5.07. The number of hydrogen-bond acceptors (Lipinski definition) is 5. The minimum Gasteiger partial charge on any atom is -0.469 e. The summed E-state index contributed by atoms with van der Waals surface area (Å²) in [4.78, 5) is 51.3. The average molecular weight is 531 g/mol. The molecule has 0 saturated heterocycles. The van der Waals surface area contributed by atoms with E-state index in [1.165, 1.54) is 6.26 Å². The SMILES string of the molecule is CC(C)C[C@H](C)NC(=O)NNC(=O)[C@@H](Cc1ccco1)NC(=O)C(=O)CC1c2ccccc2-c2ccccc21. The number of hydrazine groups is 1. The van der Waals surface area contributed by atoms with E-state index in [0.29, 0.717) is 11.7 Å². The van der Waals surface area contributed by atoms with Gasteiger partial charge in [0, 0.05) is 24.8 Å². The molecule has 2 aromatic carbocycles. The molecular formula is C30H34N4O5. The third-order valence-electron chi connectivity index (χ3n) is 6.71. The number of urea groups is 1. The van der Waals surface area contributed by atoms with Crippen LogP contribution in [0.5, 0.6) is 0 Å². The molecule has 4 amide bonds. The van der Waals surface area contributed by atoms with Gasteiger partial charge in [-0.25, -0.2) is 10.2 Å². The summed E-state index contributed by atoms with van der Waals surface area (Å²) >= 11 is 0. The minimum absolute atomic E-state index is 0.0000000193. The van der Waals surface area contributed by atoms with E-state index < -0.39 is 29.7 Å². The summed E-state index contributed by atoms with van der Waals surface area (Å²) in [5.41, 5.74) is 8.73. The van der Waals surface area contributed by atoms with Gasteiger partial charge in [0.25, 0.3) is 11.8 Å². The second kappa shape index (κ2) is 12.4. The molecule has 1 aliphatic rings. The molecule has 0 bridgehead atoms. The lowest BCUT2D eigenvalue weighted by atomic mass is 9.91. The number of ketones is 1. The maximum absolute atomic E-state index is 13.1. The Balaban J connectivity index is 1.41. The van der Waals surface area contributed by atoms with Gasteiger partial charge in [0.05, 0.1) is 6.26 Å². The zero-order chi connectivity index (χ0) is 27.9. The monoisotopic (exact) mass is 530 g/mol. The molecule has 0 fully saturated rings. The van der Waals surface area contributed by atoms with Gasteiger partial charge in [0.1, 0.15) is 11.8 Å². The molecule has 9 nitrogen and oxygen atoms in total. The average Bonchev–Trinajstić information content (AvgIpc) is 3.53. The molecule has 204 valence electrons. The highest BCUT2D eigenvalue weighted by Gasteiger charge is 2.33. The minimum atomic E-state index is -1.15. The van der Waals surface area contributed by atoms with Crippen LogP contribution in [0.4, 0.5) is 4.79 Å². The summed E-state index contributed by atoms with van der Waals surface area (Å²) in [6, 6.07) is 17.2. The maximum Gasteiger partial charge on any atom is 0.333 e. The van der Waals surface area contributed by atoms with Crippen LogP contribution in [0.1, 0.15) is 56.4 Å². The Morgan fingerprint density at radius 2 is 1.46 bits per heavy atom. The van der Waals surface area contributed by atoms with Gasteiger partial charge in [0.15, 0.2) is 0 Å². The summed E-state index contributed by atoms with van der Waals surface area (Å²) in [6.45, 7) is 5.96. The summed E-state index contributed by atoms with van der Waals surface area (Å²) in [5.74, 6) is -1.62. The van der Waals surface area contributed by atoms with Gasteiger partial charge in [-0.2, -0.15) is 0 Å². The van der Waals surface area contributed by atoms with Crippen molar-refractivity contribution >= 4 is 23.6 Å². The van der Waals surface area contributed by atoms with Crippen LogP contribution in [0.2, 0.25) is 0 Å². The van der Waals surface area contributed by atoms with Crippen LogP contribution in [0.15, 0.2) is 71.3 Å². The van der Waals surface area contributed by atoms with E-state index in [9.17, 15) is 19.2 Å². The zero-order valence-electron chi connectivity index (χ0n) is 22.3. The third kappa shape index (κ3) is 6.93. The molecule has 0 saturated carbocycles. The van der Waals surface area contributed by atoms with Gasteiger partial charge < -0.3 is 15.1 Å². The maximum atomic E-state index is 13.1. The number of nitrogens with one attached hydrogen (secondary N) is 4. The van der Waals surface area contributed by atoms with Crippen molar-refractivity contribution in [1.29, 1.82) is 0 Å².